The topological polar surface area (TPSA) is 38.1 Å². The fourth-order valence-corrected chi connectivity index (χ4v) is 3.93. The molecular formula is C5HCl2N3Sn. The molecule has 0 atom stereocenters. The van der Waals surface area contributed by atoms with E-state index in [1.807, 2.05) is 4.23 Å². The zero-order valence-electron chi connectivity index (χ0n) is 5.17. The third-order valence-electron chi connectivity index (χ3n) is 1.21. The fourth-order valence-electron chi connectivity index (χ4n) is 0.775. The van der Waals surface area contributed by atoms with Crippen LogP contribution in [0.25, 0.3) is 0 Å². The summed E-state index contributed by atoms with van der Waals surface area (Å²) in [7, 11) is 0. The molecule has 0 bridgehead atoms. The molecule has 3 nitrogen and oxygen atoms in total. The SMILES string of the molecule is Clc1nc(Cl)c2[c](n1)[Sn][CH]=N2. The first-order chi connectivity index (χ1) is 5.27. The van der Waals surface area contributed by atoms with Gasteiger partial charge in [0.05, 0.1) is 0 Å². The first kappa shape index (κ1) is 7.76. The summed E-state index contributed by atoms with van der Waals surface area (Å²) >= 11 is 10.6. The summed E-state index contributed by atoms with van der Waals surface area (Å²) in [4.78, 5) is 11.9. The molecule has 0 amide bonds. The van der Waals surface area contributed by atoms with E-state index in [4.69, 9.17) is 23.2 Å². The molecule has 2 heterocycles. The van der Waals surface area contributed by atoms with Crippen molar-refractivity contribution in [2.24, 2.45) is 4.99 Å². The van der Waals surface area contributed by atoms with E-state index in [0.717, 1.165) is 9.40 Å². The Morgan fingerprint density at radius 2 is 2.09 bits per heavy atom. The van der Waals surface area contributed by atoms with Gasteiger partial charge >= 0.3 is 83.4 Å². The van der Waals surface area contributed by atoms with Crippen molar-refractivity contribution in [1.82, 2.24) is 9.97 Å². The van der Waals surface area contributed by atoms with Crippen molar-refractivity contribution >= 4 is 58.0 Å². The van der Waals surface area contributed by atoms with Gasteiger partial charge in [0.25, 0.3) is 0 Å². The van der Waals surface area contributed by atoms with Gasteiger partial charge in [-0.15, -0.1) is 0 Å². The van der Waals surface area contributed by atoms with Gasteiger partial charge in [0.15, 0.2) is 0 Å². The van der Waals surface area contributed by atoms with Gasteiger partial charge in [-0.05, 0) is 0 Å². The summed E-state index contributed by atoms with van der Waals surface area (Å²) in [6, 6.07) is 0. The molecule has 6 heteroatoms. The minimum atomic E-state index is -0.722. The molecule has 0 spiro atoms. The van der Waals surface area contributed by atoms with Crippen LogP contribution in [0.1, 0.15) is 0 Å². The summed E-state index contributed by atoms with van der Waals surface area (Å²) in [6.07, 6.45) is 0. The van der Waals surface area contributed by atoms with E-state index in [-0.39, 0.29) is 5.28 Å². The van der Waals surface area contributed by atoms with E-state index in [2.05, 4.69) is 15.0 Å². The summed E-state index contributed by atoms with van der Waals surface area (Å²) in [6.45, 7) is 0. The molecule has 0 aromatic carbocycles. The van der Waals surface area contributed by atoms with E-state index < -0.39 is 21.1 Å². The average molecular weight is 293 g/mol. The minimum absolute atomic E-state index is 0.222. The Hall–Kier alpha value is 0.129. The van der Waals surface area contributed by atoms with Crippen molar-refractivity contribution < 1.29 is 0 Å². The maximum atomic E-state index is 5.75. The van der Waals surface area contributed by atoms with Crippen LogP contribution in [0.4, 0.5) is 5.69 Å². The van der Waals surface area contributed by atoms with Gasteiger partial charge in [-0.2, -0.15) is 0 Å². The van der Waals surface area contributed by atoms with Crippen LogP contribution in [0.15, 0.2) is 4.99 Å². The van der Waals surface area contributed by atoms with Crippen LogP contribution in [0.5, 0.6) is 0 Å². The van der Waals surface area contributed by atoms with Crippen LogP contribution in [0, 0.1) is 0 Å². The Labute approximate surface area is 83.1 Å². The molecule has 54 valence electrons. The van der Waals surface area contributed by atoms with E-state index in [0.29, 0.717) is 5.15 Å². The Kier molecular flexibility index (Phi) is 2.03. The van der Waals surface area contributed by atoms with Gasteiger partial charge in [-0.1, -0.05) is 0 Å². The number of hydrogen-bond donors (Lipinski definition) is 0. The molecule has 1 aliphatic rings. The first-order valence-corrected chi connectivity index (χ1v) is 6.62. The molecule has 0 unspecified atom stereocenters. The van der Waals surface area contributed by atoms with Crippen LogP contribution in [-0.2, 0) is 0 Å². The van der Waals surface area contributed by atoms with Crippen molar-refractivity contribution in [3.8, 4) is 0 Å². The number of aromatic nitrogens is 2. The molecule has 0 saturated carbocycles. The van der Waals surface area contributed by atoms with Crippen molar-refractivity contribution in [1.29, 1.82) is 0 Å². The van der Waals surface area contributed by atoms with Crippen LogP contribution >= 0.6 is 23.2 Å². The van der Waals surface area contributed by atoms with E-state index in [1.165, 1.54) is 0 Å². The second kappa shape index (κ2) is 2.88. The fraction of sp³-hybridized carbons (Fsp3) is 0. The molecule has 11 heavy (non-hydrogen) atoms. The maximum absolute atomic E-state index is 5.75. The van der Waals surface area contributed by atoms with Crippen LogP contribution < -0.4 is 3.71 Å². The predicted octanol–water partition coefficient (Wildman–Crippen LogP) is 0.786. The Bertz CT molecular complexity index is 339. The Balaban J connectivity index is 2.67. The number of aliphatic imine (C=N–C) groups is 1. The zero-order chi connectivity index (χ0) is 7.84. The molecule has 0 fully saturated rings. The van der Waals surface area contributed by atoms with Gasteiger partial charge < -0.3 is 0 Å². The molecule has 2 radical (unpaired) electrons. The predicted molar refractivity (Wildman–Crippen MR) is 45.6 cm³/mol. The Morgan fingerprint density at radius 1 is 1.27 bits per heavy atom. The molecule has 0 saturated heterocycles. The molecule has 2 rings (SSSR count). The van der Waals surface area contributed by atoms with Gasteiger partial charge in [0.1, 0.15) is 0 Å². The van der Waals surface area contributed by atoms with E-state index >= 15 is 0 Å². The van der Waals surface area contributed by atoms with Gasteiger partial charge in [-0.3, -0.25) is 0 Å². The molecule has 0 aliphatic carbocycles. The third-order valence-corrected chi connectivity index (χ3v) is 4.15. The van der Waals surface area contributed by atoms with Gasteiger partial charge in [-0.25, -0.2) is 0 Å². The summed E-state index contributed by atoms with van der Waals surface area (Å²) in [5, 5.41) is 0.592. The molecular weight excluding hydrogens is 292 g/mol. The monoisotopic (exact) mass is 293 g/mol. The second-order valence-electron chi connectivity index (χ2n) is 1.88. The summed E-state index contributed by atoms with van der Waals surface area (Å²) in [5.41, 5.74) is 0.725. The van der Waals surface area contributed by atoms with Crippen LogP contribution in [0.3, 0.4) is 0 Å². The Morgan fingerprint density at radius 3 is 2.91 bits per heavy atom. The second-order valence-corrected chi connectivity index (χ2v) is 5.49. The first-order valence-electron chi connectivity index (χ1n) is 2.79. The normalized spacial score (nSPS) is 13.6. The molecule has 1 aromatic rings. The number of halogens is 2. The van der Waals surface area contributed by atoms with Crippen molar-refractivity contribution in [2.45, 2.75) is 0 Å². The summed E-state index contributed by atoms with van der Waals surface area (Å²) < 4.78 is 2.88. The standard InChI is InChI=1S/C5HCl2N3.Sn/c1-8-3-2-9-5(7)10-4(3)6;/h1H;. The van der Waals surface area contributed by atoms with E-state index in [1.54, 1.807) is 0 Å². The van der Waals surface area contributed by atoms with Gasteiger partial charge in [0.2, 0.25) is 0 Å². The van der Waals surface area contributed by atoms with Crippen molar-refractivity contribution in [2.75, 3.05) is 0 Å². The number of nitrogens with zero attached hydrogens (tertiary/aromatic N) is 3. The average Bonchev–Trinajstić information content (AvgIpc) is 2.34. The zero-order valence-corrected chi connectivity index (χ0v) is 9.54. The molecule has 0 N–H and O–H groups in total. The van der Waals surface area contributed by atoms with Crippen molar-refractivity contribution in [3.63, 3.8) is 0 Å². The summed E-state index contributed by atoms with van der Waals surface area (Å²) in [5.74, 6) is 0. The number of hydrogen-bond acceptors (Lipinski definition) is 3. The third kappa shape index (κ3) is 1.37. The number of fused-ring (bicyclic) bond motifs is 1. The van der Waals surface area contributed by atoms with Crippen molar-refractivity contribution in [3.05, 3.63) is 10.4 Å². The van der Waals surface area contributed by atoms with Gasteiger partial charge in [0, 0.05) is 0 Å². The molecule has 1 aromatic heterocycles. The number of rotatable bonds is 0. The van der Waals surface area contributed by atoms with Crippen LogP contribution in [0.2, 0.25) is 10.4 Å². The van der Waals surface area contributed by atoms with E-state index in [9.17, 15) is 0 Å². The quantitative estimate of drug-likeness (QED) is 0.403. The molecule has 1 aliphatic heterocycles. The van der Waals surface area contributed by atoms with Crippen LogP contribution in [-0.4, -0.2) is 35.3 Å².